The molecular weight excluding hydrogens is 224 g/mol. The molecule has 0 aromatic heterocycles. The predicted octanol–water partition coefficient (Wildman–Crippen LogP) is 4.32. The third-order valence-electron chi connectivity index (χ3n) is 2.51. The van der Waals surface area contributed by atoms with Gasteiger partial charge in [0.15, 0.2) is 6.29 Å². The smallest absolute Gasteiger partial charge is 0.150 e. The second-order valence-electron chi connectivity index (χ2n) is 3.82. The molecule has 0 atom stereocenters. The minimum atomic E-state index is 0.661. The Bertz CT molecular complexity index is 557. The molecule has 0 aliphatic rings. The van der Waals surface area contributed by atoms with Crippen molar-refractivity contribution in [1.82, 2.24) is 0 Å². The summed E-state index contributed by atoms with van der Waals surface area (Å²) in [6, 6.07) is 15.0. The lowest BCUT2D eigenvalue weighted by Crippen LogP contribution is -1.89. The van der Waals surface area contributed by atoms with E-state index in [4.69, 9.17) is 4.74 Å². The van der Waals surface area contributed by atoms with E-state index in [9.17, 15) is 4.79 Å². The first kappa shape index (κ1) is 12.1. The highest BCUT2D eigenvalue weighted by molar-refractivity contribution is 5.82. The quantitative estimate of drug-likeness (QED) is 0.741. The molecule has 2 heteroatoms. The Morgan fingerprint density at radius 3 is 2.39 bits per heavy atom. The van der Waals surface area contributed by atoms with Gasteiger partial charge in [-0.3, -0.25) is 4.79 Å². The van der Waals surface area contributed by atoms with Crippen LogP contribution in [0, 0.1) is 0 Å². The Hall–Kier alpha value is -2.35. The molecule has 0 N–H and O–H groups in total. The summed E-state index contributed by atoms with van der Waals surface area (Å²) in [5.41, 5.74) is 1.52. The molecular formula is C16H14O2. The van der Waals surface area contributed by atoms with E-state index in [0.717, 1.165) is 23.3 Å². The van der Waals surface area contributed by atoms with Crippen molar-refractivity contribution in [2.75, 3.05) is 0 Å². The second-order valence-corrected chi connectivity index (χ2v) is 3.82. The molecule has 0 unspecified atom stereocenters. The van der Waals surface area contributed by atoms with Crippen LogP contribution < -0.4 is 4.74 Å². The maximum atomic E-state index is 10.9. The molecule has 0 radical (unpaired) electrons. The number of allylic oxidation sites excluding steroid dienone is 1. The highest BCUT2D eigenvalue weighted by atomic mass is 16.5. The first-order valence-corrected chi connectivity index (χ1v) is 5.78. The maximum Gasteiger partial charge on any atom is 0.150 e. The van der Waals surface area contributed by atoms with Gasteiger partial charge in [-0.15, -0.1) is 0 Å². The highest BCUT2D eigenvalue weighted by Crippen LogP contribution is 2.24. The molecule has 90 valence electrons. The van der Waals surface area contributed by atoms with Crippen LogP contribution in [-0.4, -0.2) is 6.29 Å². The molecule has 2 aromatic rings. The molecule has 0 spiro atoms. The van der Waals surface area contributed by atoms with Crippen molar-refractivity contribution in [2.45, 2.75) is 6.92 Å². The van der Waals surface area contributed by atoms with Gasteiger partial charge in [-0.25, -0.2) is 0 Å². The van der Waals surface area contributed by atoms with Gasteiger partial charge in [0, 0.05) is 5.56 Å². The number of carbonyl (C=O) groups excluding carboxylic acids is 1. The number of benzene rings is 2. The average molecular weight is 238 g/mol. The lowest BCUT2D eigenvalue weighted by Gasteiger charge is -2.07. The van der Waals surface area contributed by atoms with E-state index < -0.39 is 0 Å². The Morgan fingerprint density at radius 1 is 0.944 bits per heavy atom. The summed E-state index contributed by atoms with van der Waals surface area (Å²) in [5, 5.41) is 0. The van der Waals surface area contributed by atoms with Crippen LogP contribution in [0.5, 0.6) is 11.5 Å². The molecule has 2 aromatic carbocycles. The normalized spacial score (nSPS) is 10.5. The molecule has 0 saturated carbocycles. The third kappa shape index (κ3) is 2.86. The molecule has 0 amide bonds. The van der Waals surface area contributed by atoms with E-state index in [0.29, 0.717) is 5.56 Å². The summed E-state index contributed by atoms with van der Waals surface area (Å²) in [5.74, 6) is 1.50. The van der Waals surface area contributed by atoms with E-state index in [-0.39, 0.29) is 0 Å². The zero-order chi connectivity index (χ0) is 12.8. The molecule has 18 heavy (non-hydrogen) atoms. The minimum Gasteiger partial charge on any atom is -0.457 e. The zero-order valence-corrected chi connectivity index (χ0v) is 10.2. The van der Waals surface area contributed by atoms with E-state index in [2.05, 4.69) is 0 Å². The standard InChI is InChI=1S/C16H14O2/c1-2-6-13-11-16(10-9-14(13)12-17)18-15-7-4-3-5-8-15/h2-12H,1H3/b6-2-. The van der Waals surface area contributed by atoms with Crippen molar-refractivity contribution in [3.8, 4) is 11.5 Å². The summed E-state index contributed by atoms with van der Waals surface area (Å²) < 4.78 is 5.72. The van der Waals surface area contributed by atoms with Crippen LogP contribution in [0.3, 0.4) is 0 Å². The number of para-hydroxylation sites is 1. The highest BCUT2D eigenvalue weighted by Gasteiger charge is 2.02. The van der Waals surface area contributed by atoms with Gasteiger partial charge < -0.3 is 4.74 Å². The van der Waals surface area contributed by atoms with Gasteiger partial charge in [0.05, 0.1) is 0 Å². The Labute approximate surface area is 107 Å². The Morgan fingerprint density at radius 2 is 1.72 bits per heavy atom. The van der Waals surface area contributed by atoms with Crippen LogP contribution in [0.2, 0.25) is 0 Å². The fourth-order valence-electron chi connectivity index (χ4n) is 1.67. The monoisotopic (exact) mass is 238 g/mol. The van der Waals surface area contributed by atoms with Crippen LogP contribution in [0.1, 0.15) is 22.8 Å². The SMILES string of the molecule is C/C=C\c1cc(Oc2ccccc2)ccc1C=O. The average Bonchev–Trinajstić information content (AvgIpc) is 2.41. The molecule has 0 aliphatic heterocycles. The van der Waals surface area contributed by atoms with Gasteiger partial charge >= 0.3 is 0 Å². The van der Waals surface area contributed by atoms with Crippen molar-refractivity contribution in [1.29, 1.82) is 0 Å². The summed E-state index contributed by atoms with van der Waals surface area (Å²) in [7, 11) is 0. The van der Waals surface area contributed by atoms with Crippen LogP contribution in [0.25, 0.3) is 6.08 Å². The van der Waals surface area contributed by atoms with E-state index in [1.807, 2.05) is 55.5 Å². The van der Waals surface area contributed by atoms with E-state index >= 15 is 0 Å². The number of ether oxygens (including phenoxy) is 1. The van der Waals surface area contributed by atoms with Crippen LogP contribution in [0.4, 0.5) is 0 Å². The number of carbonyl (C=O) groups is 1. The molecule has 0 heterocycles. The van der Waals surface area contributed by atoms with Gasteiger partial charge in [0.2, 0.25) is 0 Å². The number of aldehydes is 1. The Kier molecular flexibility index (Phi) is 3.92. The Balaban J connectivity index is 2.30. The first-order chi connectivity index (χ1) is 8.83. The summed E-state index contributed by atoms with van der Waals surface area (Å²) in [6.07, 6.45) is 4.64. The fraction of sp³-hybridized carbons (Fsp3) is 0.0625. The molecule has 0 saturated heterocycles. The first-order valence-electron chi connectivity index (χ1n) is 5.78. The van der Waals surface area contributed by atoms with Crippen molar-refractivity contribution in [3.63, 3.8) is 0 Å². The van der Waals surface area contributed by atoms with Crippen molar-refractivity contribution in [3.05, 3.63) is 65.7 Å². The van der Waals surface area contributed by atoms with Gasteiger partial charge in [-0.05, 0) is 42.8 Å². The molecule has 0 aliphatic carbocycles. The van der Waals surface area contributed by atoms with Gasteiger partial charge in [0.25, 0.3) is 0 Å². The number of hydrogen-bond donors (Lipinski definition) is 0. The van der Waals surface area contributed by atoms with Crippen LogP contribution in [-0.2, 0) is 0 Å². The van der Waals surface area contributed by atoms with E-state index in [1.54, 1.807) is 12.1 Å². The van der Waals surface area contributed by atoms with Crippen molar-refractivity contribution >= 4 is 12.4 Å². The topological polar surface area (TPSA) is 26.3 Å². The number of hydrogen-bond acceptors (Lipinski definition) is 2. The lowest BCUT2D eigenvalue weighted by atomic mass is 10.1. The molecule has 2 rings (SSSR count). The van der Waals surface area contributed by atoms with Gasteiger partial charge in [-0.2, -0.15) is 0 Å². The van der Waals surface area contributed by atoms with Crippen molar-refractivity contribution < 1.29 is 9.53 Å². The molecule has 2 nitrogen and oxygen atoms in total. The van der Waals surface area contributed by atoms with Crippen LogP contribution >= 0.6 is 0 Å². The van der Waals surface area contributed by atoms with Crippen molar-refractivity contribution in [2.24, 2.45) is 0 Å². The number of rotatable bonds is 4. The van der Waals surface area contributed by atoms with E-state index in [1.165, 1.54) is 0 Å². The predicted molar refractivity (Wildman–Crippen MR) is 73.1 cm³/mol. The van der Waals surface area contributed by atoms with Crippen LogP contribution in [0.15, 0.2) is 54.6 Å². The largest absolute Gasteiger partial charge is 0.457 e. The molecule has 0 bridgehead atoms. The molecule has 0 fully saturated rings. The summed E-state index contributed by atoms with van der Waals surface area (Å²) >= 11 is 0. The second kappa shape index (κ2) is 5.82. The summed E-state index contributed by atoms with van der Waals surface area (Å²) in [4.78, 5) is 10.9. The van der Waals surface area contributed by atoms with Gasteiger partial charge in [-0.1, -0.05) is 30.4 Å². The van der Waals surface area contributed by atoms with Gasteiger partial charge in [0.1, 0.15) is 11.5 Å². The lowest BCUT2D eigenvalue weighted by molar-refractivity contribution is 0.112. The fourth-order valence-corrected chi connectivity index (χ4v) is 1.67. The summed E-state index contributed by atoms with van der Waals surface area (Å²) in [6.45, 7) is 1.92. The third-order valence-corrected chi connectivity index (χ3v) is 2.51. The maximum absolute atomic E-state index is 10.9. The zero-order valence-electron chi connectivity index (χ0n) is 10.2. The minimum absolute atomic E-state index is 0.661.